The monoisotopic (exact) mass is 296 g/mol. The maximum atomic E-state index is 11.7. The summed E-state index contributed by atoms with van der Waals surface area (Å²) in [6.45, 7) is 2.31. The van der Waals surface area contributed by atoms with Crippen molar-refractivity contribution >= 4 is 5.82 Å². The summed E-state index contributed by atoms with van der Waals surface area (Å²) in [5.41, 5.74) is 0.537. The third kappa shape index (κ3) is 2.96. The molecule has 3 heterocycles. The van der Waals surface area contributed by atoms with Gasteiger partial charge in [0.25, 0.3) is 5.56 Å². The largest absolute Gasteiger partial charge is 0.354 e. The Labute approximate surface area is 127 Å². The fourth-order valence-electron chi connectivity index (χ4n) is 2.77. The smallest absolute Gasteiger partial charge is 0.253 e. The number of hydrogen-bond donors (Lipinski definition) is 0. The van der Waals surface area contributed by atoms with Gasteiger partial charge in [-0.1, -0.05) is 0 Å². The normalized spacial score (nSPS) is 15.5. The molecule has 0 atom stereocenters. The van der Waals surface area contributed by atoms with E-state index in [0.717, 1.165) is 25.9 Å². The second-order valence-electron chi connectivity index (χ2n) is 5.38. The molecule has 0 radical (unpaired) electrons. The van der Waals surface area contributed by atoms with Crippen molar-refractivity contribution in [2.75, 3.05) is 18.0 Å². The van der Waals surface area contributed by atoms with Crippen LogP contribution in [0.3, 0.4) is 0 Å². The van der Waals surface area contributed by atoms with Crippen molar-refractivity contribution in [1.82, 2.24) is 19.7 Å². The van der Waals surface area contributed by atoms with E-state index < -0.39 is 0 Å². The molecular formula is C15H16N6O. The number of nitriles is 1. The third-order valence-electron chi connectivity index (χ3n) is 3.98. The number of anilines is 1. The highest BCUT2D eigenvalue weighted by atomic mass is 16.1. The quantitative estimate of drug-likeness (QED) is 0.833. The number of aromatic nitrogens is 4. The van der Waals surface area contributed by atoms with Gasteiger partial charge in [0, 0.05) is 31.9 Å². The molecule has 0 aliphatic carbocycles. The summed E-state index contributed by atoms with van der Waals surface area (Å²) < 4.78 is 1.66. The Morgan fingerprint density at radius 2 is 2.09 bits per heavy atom. The number of hydrogen-bond acceptors (Lipinski definition) is 6. The third-order valence-corrected chi connectivity index (χ3v) is 3.98. The van der Waals surface area contributed by atoms with Crippen LogP contribution in [0.2, 0.25) is 0 Å². The van der Waals surface area contributed by atoms with E-state index in [0.29, 0.717) is 23.8 Å². The van der Waals surface area contributed by atoms with Gasteiger partial charge in [-0.3, -0.25) is 9.36 Å². The van der Waals surface area contributed by atoms with Crippen LogP contribution in [0.15, 0.2) is 35.6 Å². The van der Waals surface area contributed by atoms with Crippen LogP contribution in [0.5, 0.6) is 0 Å². The Balaban J connectivity index is 1.65. The predicted molar refractivity (Wildman–Crippen MR) is 80.2 cm³/mol. The van der Waals surface area contributed by atoms with Crippen LogP contribution in [0.4, 0.5) is 5.82 Å². The molecule has 7 nitrogen and oxygen atoms in total. The molecule has 0 N–H and O–H groups in total. The van der Waals surface area contributed by atoms with E-state index in [9.17, 15) is 4.79 Å². The summed E-state index contributed by atoms with van der Waals surface area (Å²) in [5.74, 6) is 1.09. The van der Waals surface area contributed by atoms with Crippen LogP contribution in [-0.2, 0) is 6.54 Å². The topological polar surface area (TPSA) is 87.7 Å². The average Bonchev–Trinajstić information content (AvgIpc) is 2.58. The molecule has 0 amide bonds. The van der Waals surface area contributed by atoms with Crippen molar-refractivity contribution in [2.45, 2.75) is 19.4 Å². The molecule has 2 aromatic rings. The number of nitrogens with zero attached hydrogens (tertiary/aromatic N) is 6. The van der Waals surface area contributed by atoms with Crippen LogP contribution >= 0.6 is 0 Å². The minimum atomic E-state index is -0.0156. The van der Waals surface area contributed by atoms with E-state index in [1.54, 1.807) is 17.0 Å². The van der Waals surface area contributed by atoms with Crippen molar-refractivity contribution < 1.29 is 0 Å². The first-order valence-corrected chi connectivity index (χ1v) is 7.25. The van der Waals surface area contributed by atoms with E-state index in [4.69, 9.17) is 5.26 Å². The lowest BCUT2D eigenvalue weighted by Gasteiger charge is -2.32. The zero-order valence-corrected chi connectivity index (χ0v) is 12.1. The molecule has 0 bridgehead atoms. The second kappa shape index (κ2) is 6.35. The van der Waals surface area contributed by atoms with E-state index in [1.165, 1.54) is 18.5 Å². The van der Waals surface area contributed by atoms with Crippen LogP contribution in [0.25, 0.3) is 0 Å². The molecule has 22 heavy (non-hydrogen) atoms. The summed E-state index contributed by atoms with van der Waals surface area (Å²) in [5, 5.41) is 17.1. The minimum Gasteiger partial charge on any atom is -0.354 e. The van der Waals surface area contributed by atoms with Gasteiger partial charge in [0.1, 0.15) is 6.07 Å². The zero-order chi connectivity index (χ0) is 15.4. The van der Waals surface area contributed by atoms with E-state index >= 15 is 0 Å². The molecule has 1 aliphatic heterocycles. The summed E-state index contributed by atoms with van der Waals surface area (Å²) in [6, 6.07) is 5.32. The lowest BCUT2D eigenvalue weighted by atomic mass is 9.96. The number of piperidine rings is 1. The van der Waals surface area contributed by atoms with Crippen molar-refractivity contribution in [2.24, 2.45) is 5.92 Å². The van der Waals surface area contributed by atoms with Gasteiger partial charge in [-0.05, 0) is 24.8 Å². The zero-order valence-electron chi connectivity index (χ0n) is 12.1. The summed E-state index contributed by atoms with van der Waals surface area (Å²) in [4.78, 5) is 17.8. The van der Waals surface area contributed by atoms with Gasteiger partial charge in [-0.2, -0.15) is 10.4 Å². The number of rotatable bonds is 3. The molecule has 1 fully saturated rings. The fraction of sp³-hybridized carbons (Fsp3) is 0.400. The SMILES string of the molecule is N#Cc1ccnnc1N1CCC(Cn2cnccc2=O)CC1. The molecule has 2 aromatic heterocycles. The van der Waals surface area contributed by atoms with Gasteiger partial charge in [-0.15, -0.1) is 5.10 Å². The van der Waals surface area contributed by atoms with Crippen LogP contribution in [0.1, 0.15) is 18.4 Å². The van der Waals surface area contributed by atoms with Crippen molar-refractivity contribution in [1.29, 1.82) is 5.26 Å². The molecule has 7 heteroatoms. The van der Waals surface area contributed by atoms with Gasteiger partial charge in [-0.25, -0.2) is 4.98 Å². The maximum absolute atomic E-state index is 11.7. The van der Waals surface area contributed by atoms with Crippen LogP contribution < -0.4 is 10.5 Å². The standard InChI is InChI=1S/C15H16N6O/c16-9-13-1-6-18-19-15(13)20-7-3-12(4-8-20)10-21-11-17-5-2-14(21)22/h1-2,5-6,11-12H,3-4,7-8,10H2. The molecular weight excluding hydrogens is 280 g/mol. The van der Waals surface area contributed by atoms with Gasteiger partial charge >= 0.3 is 0 Å². The van der Waals surface area contributed by atoms with Gasteiger partial charge in [0.15, 0.2) is 5.82 Å². The minimum absolute atomic E-state index is 0.0156. The van der Waals surface area contributed by atoms with Gasteiger partial charge < -0.3 is 4.90 Å². The Kier molecular flexibility index (Phi) is 4.10. The van der Waals surface area contributed by atoms with Gasteiger partial charge in [0.05, 0.1) is 18.1 Å². The predicted octanol–water partition coefficient (Wildman–Crippen LogP) is 0.822. The Bertz CT molecular complexity index is 742. The summed E-state index contributed by atoms with van der Waals surface area (Å²) >= 11 is 0. The molecule has 0 saturated carbocycles. The molecule has 1 saturated heterocycles. The second-order valence-corrected chi connectivity index (χ2v) is 5.38. The molecule has 0 unspecified atom stereocenters. The highest BCUT2D eigenvalue weighted by molar-refractivity contribution is 5.52. The fourth-order valence-corrected chi connectivity index (χ4v) is 2.77. The molecule has 0 aromatic carbocycles. The van der Waals surface area contributed by atoms with Crippen LogP contribution in [-0.4, -0.2) is 32.8 Å². The maximum Gasteiger partial charge on any atom is 0.253 e. The Morgan fingerprint density at radius 3 is 2.82 bits per heavy atom. The molecule has 3 rings (SSSR count). The van der Waals surface area contributed by atoms with Gasteiger partial charge in [0.2, 0.25) is 0 Å². The van der Waals surface area contributed by atoms with Crippen molar-refractivity contribution in [3.63, 3.8) is 0 Å². The molecule has 112 valence electrons. The van der Waals surface area contributed by atoms with Crippen LogP contribution in [0, 0.1) is 17.2 Å². The first-order chi connectivity index (χ1) is 10.8. The van der Waals surface area contributed by atoms with Crippen molar-refractivity contribution in [3.8, 4) is 6.07 Å². The highest BCUT2D eigenvalue weighted by Gasteiger charge is 2.22. The van der Waals surface area contributed by atoms with E-state index in [-0.39, 0.29) is 5.56 Å². The molecule has 1 aliphatic rings. The van der Waals surface area contributed by atoms with Crippen molar-refractivity contribution in [3.05, 3.63) is 46.8 Å². The average molecular weight is 296 g/mol. The van der Waals surface area contributed by atoms with E-state index in [2.05, 4.69) is 26.2 Å². The first-order valence-electron chi connectivity index (χ1n) is 7.25. The Morgan fingerprint density at radius 1 is 1.27 bits per heavy atom. The molecule has 0 spiro atoms. The highest BCUT2D eigenvalue weighted by Crippen LogP contribution is 2.24. The lowest BCUT2D eigenvalue weighted by molar-refractivity contribution is 0.350. The first kappa shape index (κ1) is 14.2. The van der Waals surface area contributed by atoms with E-state index in [1.807, 2.05) is 0 Å². The Hall–Kier alpha value is -2.75. The summed E-state index contributed by atoms with van der Waals surface area (Å²) in [6.07, 6.45) is 6.53. The summed E-state index contributed by atoms with van der Waals surface area (Å²) in [7, 11) is 0. The lowest BCUT2D eigenvalue weighted by Crippen LogP contribution is -2.37.